The zero-order valence-corrected chi connectivity index (χ0v) is 14.2. The summed E-state index contributed by atoms with van der Waals surface area (Å²) in [5.41, 5.74) is 1.94. The van der Waals surface area contributed by atoms with Crippen molar-refractivity contribution in [3.8, 4) is 0 Å². The molecule has 0 bridgehead atoms. The van der Waals surface area contributed by atoms with Crippen LogP contribution in [0.2, 0.25) is 0 Å². The van der Waals surface area contributed by atoms with Crippen molar-refractivity contribution in [1.29, 1.82) is 0 Å². The zero-order chi connectivity index (χ0) is 16.3. The lowest BCUT2D eigenvalue weighted by atomic mass is 9.88. The van der Waals surface area contributed by atoms with Gasteiger partial charge < -0.3 is 4.74 Å². The Labute approximate surface area is 133 Å². The molecule has 0 saturated carbocycles. The molecule has 0 fully saturated rings. The number of hydrogen-bond donors (Lipinski definition) is 1. The molecule has 1 N–H and O–H groups in total. The molecule has 3 nitrogen and oxygen atoms in total. The molecule has 1 aliphatic heterocycles. The van der Waals surface area contributed by atoms with Crippen LogP contribution in [0.3, 0.4) is 0 Å². The molecule has 120 valence electrons. The predicted octanol–water partition coefficient (Wildman–Crippen LogP) is 3.80. The van der Waals surface area contributed by atoms with E-state index in [9.17, 15) is 4.79 Å². The lowest BCUT2D eigenvalue weighted by Crippen LogP contribution is -2.49. The van der Waals surface area contributed by atoms with E-state index in [0.717, 1.165) is 0 Å². The Bertz CT molecular complexity index is 540. The van der Waals surface area contributed by atoms with Crippen LogP contribution in [0.1, 0.15) is 46.6 Å². The van der Waals surface area contributed by atoms with Gasteiger partial charge in [-0.15, -0.1) is 0 Å². The molecule has 0 spiro atoms. The van der Waals surface area contributed by atoms with Crippen molar-refractivity contribution in [3.05, 3.63) is 42.0 Å². The number of hydrogen-bond acceptors (Lipinski definition) is 3. The van der Waals surface area contributed by atoms with Crippen molar-refractivity contribution in [2.45, 2.75) is 58.7 Å². The predicted molar refractivity (Wildman–Crippen MR) is 90.4 cm³/mol. The number of nitrogens with one attached hydrogen (secondary N) is 1. The fraction of sp³-hybridized carbons (Fsp3) is 0.526. The van der Waals surface area contributed by atoms with Crippen LogP contribution in [-0.4, -0.2) is 23.7 Å². The molecule has 0 aliphatic carbocycles. The lowest BCUT2D eigenvalue weighted by molar-refractivity contribution is -0.157. The summed E-state index contributed by atoms with van der Waals surface area (Å²) in [5.74, 6) is 0.253. The minimum atomic E-state index is -0.458. The van der Waals surface area contributed by atoms with Crippen LogP contribution in [0.5, 0.6) is 0 Å². The lowest BCUT2D eigenvalue weighted by Gasteiger charge is -2.33. The fourth-order valence-electron chi connectivity index (χ4n) is 2.62. The van der Waals surface area contributed by atoms with Gasteiger partial charge in [0.2, 0.25) is 0 Å². The Kier molecular flexibility index (Phi) is 5.07. The molecule has 0 unspecified atom stereocenters. The molecule has 1 aromatic rings. The van der Waals surface area contributed by atoms with Crippen molar-refractivity contribution >= 4 is 11.5 Å². The second-order valence-corrected chi connectivity index (χ2v) is 7.28. The quantitative estimate of drug-likeness (QED) is 0.863. The summed E-state index contributed by atoms with van der Waals surface area (Å²) in [5, 5.41) is 3.42. The van der Waals surface area contributed by atoms with Gasteiger partial charge in [0, 0.05) is 6.04 Å². The fourth-order valence-corrected chi connectivity index (χ4v) is 2.62. The highest BCUT2D eigenvalue weighted by Crippen LogP contribution is 2.27. The topological polar surface area (TPSA) is 38.3 Å². The van der Waals surface area contributed by atoms with Crippen LogP contribution in [0.15, 0.2) is 36.4 Å². The standard InChI is InChI=1S/C19H27NO2/c1-13(2)16-11-15(14-9-7-6-8-10-14)12-17(20-16)18(21)22-19(3,4)5/h6-11,13,16-17,20H,12H2,1-5H3/t16-,17+/m0/s1. The highest BCUT2D eigenvalue weighted by molar-refractivity contribution is 5.81. The second kappa shape index (κ2) is 6.66. The summed E-state index contributed by atoms with van der Waals surface area (Å²) in [4.78, 5) is 12.4. The first-order valence-electron chi connectivity index (χ1n) is 8.01. The third-order valence-electron chi connectivity index (χ3n) is 3.75. The number of rotatable bonds is 3. The van der Waals surface area contributed by atoms with E-state index < -0.39 is 5.60 Å². The minimum Gasteiger partial charge on any atom is -0.459 e. The van der Waals surface area contributed by atoms with Crippen molar-refractivity contribution in [3.63, 3.8) is 0 Å². The van der Waals surface area contributed by atoms with Gasteiger partial charge in [-0.25, -0.2) is 0 Å². The van der Waals surface area contributed by atoms with Gasteiger partial charge in [0.05, 0.1) is 0 Å². The number of carbonyl (C=O) groups is 1. The van der Waals surface area contributed by atoms with Gasteiger partial charge in [0.1, 0.15) is 11.6 Å². The van der Waals surface area contributed by atoms with Gasteiger partial charge in [0.15, 0.2) is 0 Å². The molecule has 2 atom stereocenters. The minimum absolute atomic E-state index is 0.167. The van der Waals surface area contributed by atoms with Crippen LogP contribution in [0.4, 0.5) is 0 Å². The smallest absolute Gasteiger partial charge is 0.324 e. The molecular weight excluding hydrogens is 274 g/mol. The van der Waals surface area contributed by atoms with Gasteiger partial charge in [0.25, 0.3) is 0 Å². The van der Waals surface area contributed by atoms with Crippen molar-refractivity contribution in [1.82, 2.24) is 5.32 Å². The van der Waals surface area contributed by atoms with E-state index in [2.05, 4.69) is 37.4 Å². The summed E-state index contributed by atoms with van der Waals surface area (Å²) in [6.45, 7) is 10.0. The van der Waals surface area contributed by atoms with Crippen molar-refractivity contribution < 1.29 is 9.53 Å². The first-order chi connectivity index (χ1) is 10.3. The Balaban J connectivity index is 2.22. The van der Waals surface area contributed by atoms with Crippen molar-refractivity contribution in [2.75, 3.05) is 0 Å². The number of benzene rings is 1. The molecule has 3 heteroatoms. The van der Waals surface area contributed by atoms with Gasteiger partial charge in [-0.05, 0) is 44.2 Å². The molecule has 2 rings (SSSR count). The van der Waals surface area contributed by atoms with Crippen molar-refractivity contribution in [2.24, 2.45) is 5.92 Å². The Morgan fingerprint density at radius 3 is 2.41 bits per heavy atom. The van der Waals surface area contributed by atoms with E-state index in [4.69, 9.17) is 4.74 Å². The number of ether oxygens (including phenoxy) is 1. The summed E-state index contributed by atoms with van der Waals surface area (Å²) in [6, 6.07) is 10.2. The first-order valence-corrected chi connectivity index (χ1v) is 8.01. The molecule has 0 radical (unpaired) electrons. The van der Waals surface area contributed by atoms with E-state index in [1.807, 2.05) is 39.0 Å². The maximum Gasteiger partial charge on any atom is 0.324 e. The highest BCUT2D eigenvalue weighted by Gasteiger charge is 2.31. The first kappa shape index (κ1) is 16.8. The molecule has 1 aliphatic rings. The molecule has 1 heterocycles. The maximum absolute atomic E-state index is 12.4. The van der Waals surface area contributed by atoms with E-state index >= 15 is 0 Å². The summed E-state index contributed by atoms with van der Waals surface area (Å²) in [7, 11) is 0. The normalized spacial score (nSPS) is 22.4. The average Bonchev–Trinajstić information content (AvgIpc) is 2.46. The molecule has 0 aromatic heterocycles. The number of esters is 1. The molecule has 0 amide bonds. The Morgan fingerprint density at radius 1 is 1.23 bits per heavy atom. The van der Waals surface area contributed by atoms with E-state index in [-0.39, 0.29) is 18.1 Å². The van der Waals surface area contributed by atoms with Crippen LogP contribution in [-0.2, 0) is 9.53 Å². The van der Waals surface area contributed by atoms with E-state index in [0.29, 0.717) is 12.3 Å². The zero-order valence-electron chi connectivity index (χ0n) is 14.2. The van der Waals surface area contributed by atoms with Crippen LogP contribution in [0.25, 0.3) is 5.57 Å². The average molecular weight is 301 g/mol. The van der Waals surface area contributed by atoms with Gasteiger partial charge in [-0.1, -0.05) is 50.3 Å². The summed E-state index contributed by atoms with van der Waals surface area (Å²) >= 11 is 0. The number of carbonyl (C=O) groups excluding carboxylic acids is 1. The largest absolute Gasteiger partial charge is 0.459 e. The monoisotopic (exact) mass is 301 g/mol. The SMILES string of the molecule is CC(C)[C@@H]1C=C(c2ccccc2)C[C@H](C(=O)OC(C)(C)C)N1. The summed E-state index contributed by atoms with van der Waals surface area (Å²) < 4.78 is 5.56. The third kappa shape index (κ3) is 4.44. The van der Waals surface area contributed by atoms with E-state index in [1.54, 1.807) is 0 Å². The van der Waals surface area contributed by atoms with Gasteiger partial charge in [-0.3, -0.25) is 10.1 Å². The Morgan fingerprint density at radius 2 is 1.86 bits per heavy atom. The van der Waals surface area contributed by atoms with Gasteiger partial charge in [-0.2, -0.15) is 0 Å². The maximum atomic E-state index is 12.4. The highest BCUT2D eigenvalue weighted by atomic mass is 16.6. The Hall–Kier alpha value is -1.61. The van der Waals surface area contributed by atoms with Gasteiger partial charge >= 0.3 is 5.97 Å². The van der Waals surface area contributed by atoms with Crippen LogP contribution >= 0.6 is 0 Å². The molecule has 1 aromatic carbocycles. The summed E-state index contributed by atoms with van der Waals surface area (Å²) in [6.07, 6.45) is 2.92. The van der Waals surface area contributed by atoms with Crippen LogP contribution in [0, 0.1) is 5.92 Å². The third-order valence-corrected chi connectivity index (χ3v) is 3.75. The van der Waals surface area contributed by atoms with Crippen LogP contribution < -0.4 is 5.32 Å². The molecular formula is C19H27NO2. The second-order valence-electron chi connectivity index (χ2n) is 7.28. The van der Waals surface area contributed by atoms with E-state index in [1.165, 1.54) is 11.1 Å². The molecule has 22 heavy (non-hydrogen) atoms. The molecule has 0 saturated heterocycles.